The van der Waals surface area contributed by atoms with Crippen molar-refractivity contribution in [2.24, 2.45) is 5.73 Å². The van der Waals surface area contributed by atoms with Crippen molar-refractivity contribution in [1.29, 1.82) is 0 Å². The molecule has 106 valence electrons. The number of pyridine rings is 1. The number of nitrogens with two attached hydrogens (primary N) is 1. The summed E-state index contributed by atoms with van der Waals surface area (Å²) in [6, 6.07) is 5.67. The van der Waals surface area contributed by atoms with Crippen LogP contribution in [0.1, 0.15) is 22.7 Å². The lowest BCUT2D eigenvalue weighted by Gasteiger charge is -2.15. The Balaban J connectivity index is 2.25. The minimum absolute atomic E-state index is 0.238. The van der Waals surface area contributed by atoms with Crippen LogP contribution >= 0.6 is 0 Å². The molecular formula is C14H12F4N2. The number of halogens is 4. The maximum Gasteiger partial charge on any atom is 0.419 e. The average molecular weight is 284 g/mol. The number of hydrogen-bond donors (Lipinski definition) is 1. The van der Waals surface area contributed by atoms with Crippen molar-refractivity contribution >= 4 is 0 Å². The van der Waals surface area contributed by atoms with Crippen LogP contribution in [0, 0.1) is 5.82 Å². The number of alkyl halides is 3. The third kappa shape index (κ3) is 3.33. The first-order chi connectivity index (χ1) is 9.38. The largest absolute Gasteiger partial charge is 0.419 e. The Kier molecular flexibility index (Phi) is 4.04. The highest BCUT2D eigenvalue weighted by molar-refractivity contribution is 5.30. The molecule has 0 spiro atoms. The Morgan fingerprint density at radius 1 is 1.20 bits per heavy atom. The summed E-state index contributed by atoms with van der Waals surface area (Å²) < 4.78 is 51.1. The van der Waals surface area contributed by atoms with Gasteiger partial charge in [0.15, 0.2) is 0 Å². The van der Waals surface area contributed by atoms with Crippen molar-refractivity contribution in [3.63, 3.8) is 0 Å². The van der Waals surface area contributed by atoms with Gasteiger partial charge in [-0.2, -0.15) is 13.2 Å². The van der Waals surface area contributed by atoms with Crippen LogP contribution in [-0.2, 0) is 12.6 Å². The Morgan fingerprint density at radius 2 is 1.95 bits per heavy atom. The molecule has 2 N–H and O–H groups in total. The summed E-state index contributed by atoms with van der Waals surface area (Å²) in [4.78, 5) is 3.91. The molecule has 1 unspecified atom stereocenters. The molecule has 0 bridgehead atoms. The zero-order chi connectivity index (χ0) is 14.8. The molecule has 1 aromatic heterocycles. The minimum atomic E-state index is -4.73. The predicted molar refractivity (Wildman–Crippen MR) is 66.3 cm³/mol. The Hall–Kier alpha value is -1.95. The summed E-state index contributed by atoms with van der Waals surface area (Å²) in [5.41, 5.74) is 5.62. The summed E-state index contributed by atoms with van der Waals surface area (Å²) in [6.07, 6.45) is -1.21. The van der Waals surface area contributed by atoms with Crippen LogP contribution in [0.5, 0.6) is 0 Å². The highest BCUT2D eigenvalue weighted by atomic mass is 19.4. The van der Waals surface area contributed by atoms with E-state index in [4.69, 9.17) is 5.73 Å². The predicted octanol–water partition coefficient (Wildman–Crippen LogP) is 3.48. The minimum Gasteiger partial charge on any atom is -0.324 e. The molecule has 2 nitrogen and oxygen atoms in total. The topological polar surface area (TPSA) is 38.9 Å². The van der Waals surface area contributed by atoms with Crippen molar-refractivity contribution in [2.75, 3.05) is 0 Å². The van der Waals surface area contributed by atoms with Gasteiger partial charge in [-0.3, -0.25) is 4.98 Å². The number of nitrogens with zero attached hydrogens (tertiary/aromatic N) is 1. The van der Waals surface area contributed by atoms with E-state index in [-0.39, 0.29) is 5.56 Å². The summed E-state index contributed by atoms with van der Waals surface area (Å²) in [6.45, 7) is 0. The van der Waals surface area contributed by atoms with Crippen LogP contribution in [0.25, 0.3) is 0 Å². The molecule has 0 saturated heterocycles. The van der Waals surface area contributed by atoms with E-state index in [0.29, 0.717) is 6.42 Å². The normalized spacial score (nSPS) is 13.2. The number of aromatic nitrogens is 1. The van der Waals surface area contributed by atoms with E-state index in [1.54, 1.807) is 24.5 Å². The van der Waals surface area contributed by atoms with Crippen LogP contribution < -0.4 is 5.73 Å². The fourth-order valence-corrected chi connectivity index (χ4v) is 1.88. The summed E-state index contributed by atoms with van der Waals surface area (Å²) in [5.74, 6) is -1.30. The second kappa shape index (κ2) is 5.58. The van der Waals surface area contributed by atoms with E-state index >= 15 is 0 Å². The van der Waals surface area contributed by atoms with Gasteiger partial charge in [-0.05, 0) is 35.7 Å². The van der Waals surface area contributed by atoms with Crippen molar-refractivity contribution in [2.45, 2.75) is 18.6 Å². The molecule has 0 aliphatic heterocycles. The van der Waals surface area contributed by atoms with Crippen molar-refractivity contribution in [1.82, 2.24) is 4.98 Å². The molecular weight excluding hydrogens is 272 g/mol. The first-order valence-electron chi connectivity index (χ1n) is 5.89. The van der Waals surface area contributed by atoms with E-state index in [2.05, 4.69) is 4.98 Å². The summed E-state index contributed by atoms with van der Waals surface area (Å²) in [5, 5.41) is 0. The van der Waals surface area contributed by atoms with Gasteiger partial charge >= 0.3 is 6.18 Å². The monoisotopic (exact) mass is 284 g/mol. The van der Waals surface area contributed by atoms with Crippen molar-refractivity contribution < 1.29 is 17.6 Å². The maximum atomic E-state index is 13.2. The van der Waals surface area contributed by atoms with Crippen molar-refractivity contribution in [3.05, 3.63) is 65.2 Å². The van der Waals surface area contributed by atoms with Gasteiger partial charge in [0.2, 0.25) is 0 Å². The molecule has 0 saturated carbocycles. The zero-order valence-electron chi connectivity index (χ0n) is 10.4. The number of hydrogen-bond acceptors (Lipinski definition) is 2. The Bertz CT molecular complexity index is 581. The molecule has 2 aromatic rings. The Labute approximate surface area is 113 Å². The van der Waals surface area contributed by atoms with E-state index < -0.39 is 23.6 Å². The quantitative estimate of drug-likeness (QED) is 0.876. The third-order valence-corrected chi connectivity index (χ3v) is 2.90. The highest BCUT2D eigenvalue weighted by Crippen LogP contribution is 2.33. The van der Waals surface area contributed by atoms with Gasteiger partial charge in [0.1, 0.15) is 5.82 Å². The lowest BCUT2D eigenvalue weighted by molar-refractivity contribution is -0.140. The van der Waals surface area contributed by atoms with Gasteiger partial charge in [-0.1, -0.05) is 12.1 Å². The SMILES string of the molecule is NC(Cc1cccnc1)c1ccc(F)c(C(F)(F)F)c1. The van der Waals surface area contributed by atoms with Crippen molar-refractivity contribution in [3.8, 4) is 0 Å². The smallest absolute Gasteiger partial charge is 0.324 e. The van der Waals surface area contributed by atoms with Crippen LogP contribution in [0.15, 0.2) is 42.7 Å². The second-order valence-corrected chi connectivity index (χ2v) is 4.41. The van der Waals surface area contributed by atoms with E-state index in [1.807, 2.05) is 0 Å². The maximum absolute atomic E-state index is 13.2. The van der Waals surface area contributed by atoms with Gasteiger partial charge in [-0.25, -0.2) is 4.39 Å². The van der Waals surface area contributed by atoms with Crippen LogP contribution in [0.4, 0.5) is 17.6 Å². The van der Waals surface area contributed by atoms with Gasteiger partial charge < -0.3 is 5.73 Å². The zero-order valence-corrected chi connectivity index (χ0v) is 10.4. The molecule has 0 radical (unpaired) electrons. The number of benzene rings is 1. The molecule has 0 aliphatic carbocycles. The van der Waals surface area contributed by atoms with E-state index in [0.717, 1.165) is 17.7 Å². The molecule has 0 aliphatic rings. The molecule has 0 amide bonds. The lowest BCUT2D eigenvalue weighted by atomic mass is 9.98. The molecule has 1 heterocycles. The molecule has 1 atom stereocenters. The van der Waals surface area contributed by atoms with Gasteiger partial charge in [0.05, 0.1) is 5.56 Å². The summed E-state index contributed by atoms with van der Waals surface area (Å²) in [7, 11) is 0. The van der Waals surface area contributed by atoms with Gasteiger partial charge in [0, 0.05) is 18.4 Å². The van der Waals surface area contributed by atoms with Crippen LogP contribution in [0.2, 0.25) is 0 Å². The first-order valence-corrected chi connectivity index (χ1v) is 5.89. The average Bonchev–Trinajstić information content (AvgIpc) is 2.39. The molecule has 2 rings (SSSR count). The fraction of sp³-hybridized carbons (Fsp3) is 0.214. The number of rotatable bonds is 3. The molecule has 0 fully saturated rings. The van der Waals surface area contributed by atoms with Gasteiger partial charge in [-0.15, -0.1) is 0 Å². The molecule has 6 heteroatoms. The lowest BCUT2D eigenvalue weighted by Crippen LogP contribution is -2.16. The molecule has 20 heavy (non-hydrogen) atoms. The van der Waals surface area contributed by atoms with E-state index in [9.17, 15) is 17.6 Å². The second-order valence-electron chi connectivity index (χ2n) is 4.41. The fourth-order valence-electron chi connectivity index (χ4n) is 1.88. The van der Waals surface area contributed by atoms with Crippen LogP contribution in [0.3, 0.4) is 0 Å². The third-order valence-electron chi connectivity index (χ3n) is 2.90. The van der Waals surface area contributed by atoms with E-state index in [1.165, 1.54) is 6.07 Å². The standard InChI is InChI=1S/C14H12F4N2/c15-12-4-3-10(7-11(12)14(16,17)18)13(19)6-9-2-1-5-20-8-9/h1-5,7-8,13H,6,19H2. The molecule has 1 aromatic carbocycles. The first kappa shape index (κ1) is 14.5. The van der Waals surface area contributed by atoms with Crippen LogP contribution in [-0.4, -0.2) is 4.98 Å². The highest BCUT2D eigenvalue weighted by Gasteiger charge is 2.34. The summed E-state index contributed by atoms with van der Waals surface area (Å²) >= 11 is 0. The van der Waals surface area contributed by atoms with Gasteiger partial charge in [0.25, 0.3) is 0 Å². The Morgan fingerprint density at radius 3 is 2.55 bits per heavy atom.